The number of halogens is 1. The molecule has 5 fully saturated rings. The van der Waals surface area contributed by atoms with E-state index in [1.807, 2.05) is 0 Å². The summed E-state index contributed by atoms with van der Waals surface area (Å²) in [6, 6.07) is 0.536. The van der Waals surface area contributed by atoms with Crippen molar-refractivity contribution in [2.75, 3.05) is 32.8 Å². The fourth-order valence-corrected chi connectivity index (χ4v) is 5.38. The summed E-state index contributed by atoms with van der Waals surface area (Å²) in [6.45, 7) is 4.09. The first kappa shape index (κ1) is 19.2. The minimum Gasteiger partial charge on any atom is -0.381 e. The zero-order chi connectivity index (χ0) is 19.1. The Hall–Kier alpha value is -0.800. The van der Waals surface area contributed by atoms with Crippen LogP contribution in [-0.4, -0.2) is 67.8 Å². The van der Waals surface area contributed by atoms with E-state index in [0.717, 1.165) is 51.9 Å². The lowest BCUT2D eigenvalue weighted by Crippen LogP contribution is -2.51. The lowest BCUT2D eigenvalue weighted by molar-refractivity contribution is -0.140. The summed E-state index contributed by atoms with van der Waals surface area (Å²) >= 11 is 0. The number of likely N-dealkylation sites (tertiary alicyclic amines) is 1. The number of piperidine rings is 2. The van der Waals surface area contributed by atoms with Gasteiger partial charge in [0.2, 0.25) is 0 Å². The molecule has 0 spiro atoms. The van der Waals surface area contributed by atoms with Crippen LogP contribution in [-0.2, 0) is 14.4 Å². The van der Waals surface area contributed by atoms with E-state index >= 15 is 0 Å². The minimum absolute atomic E-state index is 0.0225. The molecule has 4 aliphatic heterocycles. The molecule has 5 atom stereocenters. The summed E-state index contributed by atoms with van der Waals surface area (Å²) in [6.07, 6.45) is 6.11. The van der Waals surface area contributed by atoms with Gasteiger partial charge in [0.05, 0.1) is 12.8 Å². The van der Waals surface area contributed by atoms with E-state index in [9.17, 15) is 9.18 Å². The number of rotatable bonds is 4. The van der Waals surface area contributed by atoms with Crippen molar-refractivity contribution in [2.24, 2.45) is 17.8 Å². The Morgan fingerprint density at radius 1 is 1.07 bits per heavy atom. The Morgan fingerprint density at radius 3 is 2.61 bits per heavy atom. The van der Waals surface area contributed by atoms with Gasteiger partial charge in [0.25, 0.3) is 5.91 Å². The molecule has 0 aromatic carbocycles. The maximum atomic E-state index is 14.0. The van der Waals surface area contributed by atoms with Gasteiger partial charge in [-0.25, -0.2) is 4.39 Å². The maximum absolute atomic E-state index is 14.0. The molecule has 1 aliphatic carbocycles. The van der Waals surface area contributed by atoms with Gasteiger partial charge in [-0.1, -0.05) is 0 Å². The Labute approximate surface area is 166 Å². The number of hydrogen-bond donors (Lipinski definition) is 3. The van der Waals surface area contributed by atoms with Crippen LogP contribution in [0.4, 0.5) is 4.39 Å². The van der Waals surface area contributed by atoms with Crippen LogP contribution in [0.3, 0.4) is 0 Å². The smallest absolute Gasteiger partial charge is 0.260 e. The number of ether oxygens (including phenoxy) is 1. The van der Waals surface area contributed by atoms with E-state index in [0.29, 0.717) is 49.7 Å². The quantitative estimate of drug-likeness (QED) is 0.656. The average Bonchev–Trinajstić information content (AvgIpc) is 3.17. The SMILES string of the molecule is O=C(N1CCC(C2NC(C3CCNC(C4CCOC4)C3)NO2)CC1)C1(F)CC1. The molecule has 5 unspecified atom stereocenters. The number of alkyl halides is 1. The number of hydrogen-bond acceptors (Lipinski definition) is 6. The second-order valence-corrected chi connectivity index (χ2v) is 9.36. The Bertz CT molecular complexity index is 576. The molecule has 8 heteroatoms. The number of carbonyl (C=O) groups is 1. The fraction of sp³-hybridized carbons (Fsp3) is 0.950. The van der Waals surface area contributed by atoms with Crippen LogP contribution in [0.15, 0.2) is 0 Å². The van der Waals surface area contributed by atoms with Gasteiger partial charge in [-0.2, -0.15) is 5.48 Å². The van der Waals surface area contributed by atoms with Gasteiger partial charge in [0.1, 0.15) is 6.23 Å². The highest BCUT2D eigenvalue weighted by Crippen LogP contribution is 2.42. The van der Waals surface area contributed by atoms with Crippen LogP contribution in [0.1, 0.15) is 44.9 Å². The lowest BCUT2D eigenvalue weighted by Gasteiger charge is -2.36. The van der Waals surface area contributed by atoms with Gasteiger partial charge in [-0.3, -0.25) is 14.9 Å². The van der Waals surface area contributed by atoms with Crippen molar-refractivity contribution in [1.82, 2.24) is 21.0 Å². The van der Waals surface area contributed by atoms with Crippen LogP contribution in [0.5, 0.6) is 0 Å². The van der Waals surface area contributed by atoms with Gasteiger partial charge < -0.3 is 15.0 Å². The first-order valence-electron chi connectivity index (χ1n) is 11.1. The molecule has 158 valence electrons. The molecule has 4 heterocycles. The lowest BCUT2D eigenvalue weighted by atomic mass is 9.83. The molecule has 4 saturated heterocycles. The predicted molar refractivity (Wildman–Crippen MR) is 101 cm³/mol. The topological polar surface area (TPSA) is 74.9 Å². The zero-order valence-electron chi connectivity index (χ0n) is 16.5. The normalized spacial score (nSPS) is 41.3. The molecule has 5 rings (SSSR count). The third-order valence-corrected chi connectivity index (χ3v) is 7.48. The Balaban J connectivity index is 1.10. The van der Waals surface area contributed by atoms with Crippen molar-refractivity contribution < 1.29 is 18.8 Å². The van der Waals surface area contributed by atoms with Crippen molar-refractivity contribution in [1.29, 1.82) is 0 Å². The highest BCUT2D eigenvalue weighted by molar-refractivity contribution is 5.88. The van der Waals surface area contributed by atoms with Crippen LogP contribution >= 0.6 is 0 Å². The van der Waals surface area contributed by atoms with Crippen molar-refractivity contribution in [3.8, 4) is 0 Å². The monoisotopic (exact) mass is 396 g/mol. The minimum atomic E-state index is -1.54. The van der Waals surface area contributed by atoms with E-state index in [4.69, 9.17) is 9.57 Å². The first-order valence-corrected chi connectivity index (χ1v) is 11.1. The third-order valence-electron chi connectivity index (χ3n) is 7.48. The van der Waals surface area contributed by atoms with Gasteiger partial charge in [0, 0.05) is 31.7 Å². The van der Waals surface area contributed by atoms with Crippen LogP contribution < -0.4 is 16.1 Å². The summed E-state index contributed by atoms with van der Waals surface area (Å²) in [5.41, 5.74) is 1.70. The second-order valence-electron chi connectivity index (χ2n) is 9.36. The molecule has 0 aromatic rings. The van der Waals surface area contributed by atoms with E-state index in [1.165, 1.54) is 0 Å². The number of hydroxylamine groups is 1. The largest absolute Gasteiger partial charge is 0.381 e. The molecule has 7 nitrogen and oxygen atoms in total. The first-order chi connectivity index (χ1) is 13.6. The van der Waals surface area contributed by atoms with Crippen molar-refractivity contribution in [2.45, 2.75) is 69.1 Å². The summed E-state index contributed by atoms with van der Waals surface area (Å²) < 4.78 is 19.6. The summed E-state index contributed by atoms with van der Waals surface area (Å²) in [5.74, 6) is 1.24. The van der Waals surface area contributed by atoms with Crippen LogP contribution in [0, 0.1) is 17.8 Å². The van der Waals surface area contributed by atoms with Crippen molar-refractivity contribution in [3.63, 3.8) is 0 Å². The number of nitrogens with zero attached hydrogens (tertiary/aromatic N) is 1. The van der Waals surface area contributed by atoms with E-state index in [-0.39, 0.29) is 18.3 Å². The highest BCUT2D eigenvalue weighted by atomic mass is 19.1. The van der Waals surface area contributed by atoms with E-state index in [2.05, 4.69) is 16.1 Å². The van der Waals surface area contributed by atoms with Gasteiger partial charge in [-0.05, 0) is 63.3 Å². The zero-order valence-corrected chi connectivity index (χ0v) is 16.5. The standard InChI is InChI=1S/C20H33FN4O3/c21-20(5-6-20)19(26)25-8-2-13(3-9-25)18-23-17(24-28-18)14-1-7-22-16(11-14)15-4-10-27-12-15/h13-18,22-24H,1-12H2. The Kier molecular flexibility index (Phi) is 5.34. The predicted octanol–water partition coefficient (Wildman–Crippen LogP) is 0.908. The van der Waals surface area contributed by atoms with Crippen molar-refractivity contribution in [3.05, 3.63) is 0 Å². The number of nitrogens with one attached hydrogen (secondary N) is 3. The summed E-state index contributed by atoms with van der Waals surface area (Å²) in [4.78, 5) is 19.8. The molecule has 0 radical (unpaired) electrons. The average molecular weight is 397 g/mol. The molecule has 28 heavy (non-hydrogen) atoms. The molecule has 5 aliphatic rings. The van der Waals surface area contributed by atoms with Gasteiger partial charge in [0.15, 0.2) is 5.67 Å². The number of carbonyl (C=O) groups excluding carboxylic acids is 1. The molecule has 1 amide bonds. The second kappa shape index (κ2) is 7.80. The number of amides is 1. The fourth-order valence-electron chi connectivity index (χ4n) is 5.38. The Morgan fingerprint density at radius 2 is 1.89 bits per heavy atom. The third kappa shape index (κ3) is 3.81. The van der Waals surface area contributed by atoms with Crippen LogP contribution in [0.25, 0.3) is 0 Å². The maximum Gasteiger partial charge on any atom is 0.260 e. The van der Waals surface area contributed by atoms with Crippen LogP contribution in [0.2, 0.25) is 0 Å². The molecule has 1 saturated carbocycles. The van der Waals surface area contributed by atoms with E-state index in [1.54, 1.807) is 4.90 Å². The summed E-state index contributed by atoms with van der Waals surface area (Å²) in [5, 5.41) is 7.34. The van der Waals surface area contributed by atoms with Gasteiger partial charge in [-0.15, -0.1) is 0 Å². The van der Waals surface area contributed by atoms with Crippen molar-refractivity contribution >= 4 is 5.91 Å². The molecule has 0 bridgehead atoms. The highest BCUT2D eigenvalue weighted by Gasteiger charge is 2.53. The summed E-state index contributed by atoms with van der Waals surface area (Å²) in [7, 11) is 0. The molecular weight excluding hydrogens is 363 g/mol. The molecule has 0 aromatic heterocycles. The molecule has 3 N–H and O–H groups in total. The molecular formula is C20H33FN4O3. The van der Waals surface area contributed by atoms with Gasteiger partial charge >= 0.3 is 0 Å². The van der Waals surface area contributed by atoms with E-state index < -0.39 is 5.67 Å².